The van der Waals surface area contributed by atoms with Gasteiger partial charge in [0.25, 0.3) is 10.0 Å². The van der Waals surface area contributed by atoms with Gasteiger partial charge in [0.15, 0.2) is 0 Å². The molecule has 0 radical (unpaired) electrons. The van der Waals surface area contributed by atoms with Crippen molar-refractivity contribution in [2.45, 2.75) is 23.9 Å². The van der Waals surface area contributed by atoms with E-state index in [1.54, 1.807) is 42.5 Å². The average molecular weight is 641 g/mol. The number of amides is 2. The average Bonchev–Trinajstić information content (AvgIpc) is 3.03. The maximum Gasteiger partial charge on any atom is 0.264 e. The summed E-state index contributed by atoms with van der Waals surface area (Å²) in [5, 5.41) is 2.98. The zero-order chi connectivity index (χ0) is 31.0. The first-order valence-corrected chi connectivity index (χ1v) is 15.5. The van der Waals surface area contributed by atoms with Crippen molar-refractivity contribution < 1.29 is 22.7 Å². The Hall–Kier alpha value is -4.05. The lowest BCUT2D eigenvalue weighted by Gasteiger charge is -2.34. The Kier molecular flexibility index (Phi) is 10.7. The van der Waals surface area contributed by atoms with E-state index in [4.69, 9.17) is 27.9 Å². The van der Waals surface area contributed by atoms with Crippen LogP contribution in [0.4, 0.5) is 5.69 Å². The molecule has 4 rings (SSSR count). The lowest BCUT2D eigenvalue weighted by molar-refractivity contribution is -0.139. The van der Waals surface area contributed by atoms with Crippen molar-refractivity contribution in [3.05, 3.63) is 124 Å². The highest BCUT2D eigenvalue weighted by molar-refractivity contribution is 7.92. The van der Waals surface area contributed by atoms with Crippen LogP contribution >= 0.6 is 23.2 Å². The molecule has 2 amide bonds. The number of carbonyl (C=O) groups excluding carboxylic acids is 2. The monoisotopic (exact) mass is 639 g/mol. The van der Waals surface area contributed by atoms with Crippen LogP contribution in [0, 0.1) is 0 Å². The summed E-state index contributed by atoms with van der Waals surface area (Å²) in [5.74, 6) is -0.454. The van der Waals surface area contributed by atoms with E-state index >= 15 is 0 Å². The summed E-state index contributed by atoms with van der Waals surface area (Å²) in [7, 11) is -1.27. The predicted molar refractivity (Wildman–Crippen MR) is 169 cm³/mol. The third-order valence-corrected chi connectivity index (χ3v) is 9.12. The van der Waals surface area contributed by atoms with Gasteiger partial charge in [-0.25, -0.2) is 8.42 Å². The van der Waals surface area contributed by atoms with Crippen LogP contribution in [0.5, 0.6) is 5.75 Å². The fraction of sp³-hybridized carbons (Fsp3) is 0.188. The van der Waals surface area contributed by atoms with Gasteiger partial charge < -0.3 is 15.0 Å². The molecule has 8 nitrogen and oxygen atoms in total. The first-order chi connectivity index (χ1) is 20.6. The summed E-state index contributed by atoms with van der Waals surface area (Å²) < 4.78 is 34.3. The second-order valence-electron chi connectivity index (χ2n) is 9.61. The van der Waals surface area contributed by atoms with E-state index < -0.39 is 34.4 Å². The topological polar surface area (TPSA) is 96.0 Å². The number of hydrogen-bond donors (Lipinski definition) is 1. The molecule has 4 aromatic rings. The van der Waals surface area contributed by atoms with E-state index in [0.717, 1.165) is 9.87 Å². The fourth-order valence-electron chi connectivity index (χ4n) is 4.60. The van der Waals surface area contributed by atoms with Crippen LogP contribution in [-0.4, -0.2) is 51.9 Å². The van der Waals surface area contributed by atoms with Gasteiger partial charge in [0.2, 0.25) is 11.8 Å². The molecule has 0 spiro atoms. The number of anilines is 1. The first-order valence-electron chi connectivity index (χ1n) is 13.3. The molecular formula is C32H31Cl2N3O5S. The second kappa shape index (κ2) is 14.4. The highest BCUT2D eigenvalue weighted by Crippen LogP contribution is 2.33. The molecule has 0 aliphatic rings. The zero-order valence-electron chi connectivity index (χ0n) is 23.6. The van der Waals surface area contributed by atoms with Crippen LogP contribution in [0.2, 0.25) is 10.0 Å². The maximum absolute atomic E-state index is 14.3. The summed E-state index contributed by atoms with van der Waals surface area (Å²) in [6, 6.07) is 27.5. The van der Waals surface area contributed by atoms with Crippen LogP contribution in [0.3, 0.4) is 0 Å². The second-order valence-corrected chi connectivity index (χ2v) is 12.3. The Morgan fingerprint density at radius 2 is 1.51 bits per heavy atom. The minimum Gasteiger partial charge on any atom is -0.497 e. The smallest absolute Gasteiger partial charge is 0.264 e. The number of halogens is 2. The standard InChI is InChI=1S/C32H31Cl2N3O5S/c1-35-32(39)30(19-23-10-5-3-6-11-23)36(21-24-12-9-13-26(18-24)42-2)31(38)22-37(29-20-25(33)16-17-28(29)34)43(40,41)27-14-7-4-8-15-27/h3-18,20,30H,19,21-22H2,1-2H3,(H,35,39). The Balaban J connectivity index is 1.82. The summed E-state index contributed by atoms with van der Waals surface area (Å²) in [6.07, 6.45) is 0.194. The molecule has 0 heterocycles. The summed E-state index contributed by atoms with van der Waals surface area (Å²) in [6.45, 7) is -0.646. The van der Waals surface area contributed by atoms with Crippen molar-refractivity contribution in [2.24, 2.45) is 0 Å². The molecule has 43 heavy (non-hydrogen) atoms. The Morgan fingerprint density at radius 1 is 0.860 bits per heavy atom. The minimum atomic E-state index is -4.29. The van der Waals surface area contributed by atoms with Crippen LogP contribution in [-0.2, 0) is 32.6 Å². The summed E-state index contributed by atoms with van der Waals surface area (Å²) in [5.41, 5.74) is 1.55. The van der Waals surface area contributed by atoms with Crippen LogP contribution in [0.1, 0.15) is 11.1 Å². The first kappa shape index (κ1) is 31.9. The van der Waals surface area contributed by atoms with E-state index in [1.807, 2.05) is 30.3 Å². The molecule has 224 valence electrons. The molecule has 4 aromatic carbocycles. The number of carbonyl (C=O) groups is 2. The Labute approximate surface area is 261 Å². The molecule has 1 N–H and O–H groups in total. The Bertz CT molecular complexity index is 1670. The van der Waals surface area contributed by atoms with Gasteiger partial charge in [-0.15, -0.1) is 0 Å². The van der Waals surface area contributed by atoms with Gasteiger partial charge in [0.05, 0.1) is 22.7 Å². The van der Waals surface area contributed by atoms with Crippen LogP contribution in [0.25, 0.3) is 0 Å². The van der Waals surface area contributed by atoms with E-state index in [-0.39, 0.29) is 33.6 Å². The van der Waals surface area contributed by atoms with Crippen molar-refractivity contribution in [1.29, 1.82) is 0 Å². The molecule has 0 bridgehead atoms. The molecule has 0 fully saturated rings. The van der Waals surface area contributed by atoms with Crippen LogP contribution in [0.15, 0.2) is 108 Å². The number of benzene rings is 4. The summed E-state index contributed by atoms with van der Waals surface area (Å²) in [4.78, 5) is 29.0. The van der Waals surface area contributed by atoms with Gasteiger partial charge >= 0.3 is 0 Å². The number of likely N-dealkylation sites (N-methyl/N-ethyl adjacent to an activating group) is 1. The SMILES string of the molecule is CNC(=O)C(Cc1ccccc1)N(Cc1cccc(OC)c1)C(=O)CN(c1cc(Cl)ccc1Cl)S(=O)(=O)c1ccccc1. The van der Waals surface area contributed by atoms with Gasteiger partial charge in [-0.05, 0) is 53.6 Å². The van der Waals surface area contributed by atoms with Gasteiger partial charge in [0.1, 0.15) is 18.3 Å². The number of hydrogen-bond acceptors (Lipinski definition) is 5. The van der Waals surface area contributed by atoms with Crippen molar-refractivity contribution in [3.63, 3.8) is 0 Å². The van der Waals surface area contributed by atoms with Crippen molar-refractivity contribution in [2.75, 3.05) is 25.0 Å². The summed E-state index contributed by atoms with van der Waals surface area (Å²) >= 11 is 12.7. The molecule has 0 saturated heterocycles. The quantitative estimate of drug-likeness (QED) is 0.218. The number of nitrogens with zero attached hydrogens (tertiary/aromatic N) is 2. The minimum absolute atomic E-state index is 0.00343. The molecule has 1 unspecified atom stereocenters. The van der Waals surface area contributed by atoms with Crippen molar-refractivity contribution >= 4 is 50.7 Å². The largest absolute Gasteiger partial charge is 0.497 e. The third-order valence-electron chi connectivity index (χ3n) is 6.79. The van der Waals surface area contributed by atoms with E-state index in [2.05, 4.69) is 5.32 Å². The zero-order valence-corrected chi connectivity index (χ0v) is 25.9. The van der Waals surface area contributed by atoms with Crippen LogP contribution < -0.4 is 14.4 Å². The number of sulfonamides is 1. The van der Waals surface area contributed by atoms with Gasteiger partial charge in [-0.3, -0.25) is 13.9 Å². The maximum atomic E-state index is 14.3. The third kappa shape index (κ3) is 7.87. The number of methoxy groups -OCH3 is 1. The predicted octanol–water partition coefficient (Wildman–Crippen LogP) is 5.58. The molecule has 0 aliphatic heterocycles. The molecule has 0 aromatic heterocycles. The lowest BCUT2D eigenvalue weighted by atomic mass is 10.0. The number of nitrogens with one attached hydrogen (secondary N) is 1. The molecule has 0 aliphatic carbocycles. The highest BCUT2D eigenvalue weighted by atomic mass is 35.5. The molecular weight excluding hydrogens is 609 g/mol. The molecule has 1 atom stereocenters. The fourth-order valence-corrected chi connectivity index (χ4v) is 6.48. The van der Waals surface area contributed by atoms with Gasteiger partial charge in [-0.1, -0.05) is 83.9 Å². The van der Waals surface area contributed by atoms with Crippen molar-refractivity contribution in [3.8, 4) is 5.75 Å². The molecule has 0 saturated carbocycles. The van der Waals surface area contributed by atoms with E-state index in [1.165, 1.54) is 49.4 Å². The number of rotatable bonds is 12. The highest BCUT2D eigenvalue weighted by Gasteiger charge is 2.35. The normalized spacial score (nSPS) is 11.8. The Morgan fingerprint density at radius 3 is 2.16 bits per heavy atom. The van der Waals surface area contributed by atoms with Gasteiger partial charge in [0, 0.05) is 25.0 Å². The molecule has 11 heteroatoms. The van der Waals surface area contributed by atoms with E-state index in [0.29, 0.717) is 11.3 Å². The van der Waals surface area contributed by atoms with E-state index in [9.17, 15) is 18.0 Å². The lowest BCUT2D eigenvalue weighted by Crippen LogP contribution is -2.53. The number of ether oxygens (including phenoxy) is 1. The van der Waals surface area contributed by atoms with Gasteiger partial charge in [-0.2, -0.15) is 0 Å². The van der Waals surface area contributed by atoms with Crippen molar-refractivity contribution in [1.82, 2.24) is 10.2 Å².